The van der Waals surface area contributed by atoms with Crippen LogP contribution in [0.4, 0.5) is 4.39 Å². The number of fused-ring (bicyclic) bond motifs is 1. The predicted octanol–water partition coefficient (Wildman–Crippen LogP) is 2.39. The highest BCUT2D eigenvalue weighted by molar-refractivity contribution is 5.93. The molecular formula is C20H16FN3O6. The average molecular weight is 413 g/mol. The van der Waals surface area contributed by atoms with E-state index in [9.17, 15) is 24.2 Å². The minimum absolute atomic E-state index is 0.00794. The predicted molar refractivity (Wildman–Crippen MR) is 100 cm³/mol. The number of aromatic nitrogens is 2. The summed E-state index contributed by atoms with van der Waals surface area (Å²) >= 11 is 0. The second kappa shape index (κ2) is 7.74. The van der Waals surface area contributed by atoms with Crippen LogP contribution in [0.5, 0.6) is 17.4 Å². The minimum Gasteiger partial charge on any atom is -0.493 e. The summed E-state index contributed by atoms with van der Waals surface area (Å²) in [6.45, 7) is -0.00794. The van der Waals surface area contributed by atoms with Crippen LogP contribution < -0.4 is 14.8 Å². The van der Waals surface area contributed by atoms with Crippen LogP contribution in [0, 0.1) is 5.82 Å². The number of carboxylic acid groups (broad SMARTS) is 1. The molecule has 3 aromatic rings. The van der Waals surface area contributed by atoms with Crippen LogP contribution in [-0.4, -0.2) is 38.7 Å². The first-order valence-corrected chi connectivity index (χ1v) is 8.88. The molecule has 1 aliphatic rings. The Morgan fingerprint density at radius 2 is 2.00 bits per heavy atom. The number of nitrogens with zero attached hydrogens (tertiary/aromatic N) is 2. The van der Waals surface area contributed by atoms with Crippen LogP contribution >= 0.6 is 0 Å². The van der Waals surface area contributed by atoms with Crippen molar-refractivity contribution in [2.75, 3.05) is 6.79 Å². The molecule has 0 saturated heterocycles. The summed E-state index contributed by atoms with van der Waals surface area (Å²) in [6, 6.07) is 10.5. The largest absolute Gasteiger partial charge is 0.493 e. The number of hydrogen-bond donors (Lipinski definition) is 3. The van der Waals surface area contributed by atoms with Crippen molar-refractivity contribution in [1.82, 2.24) is 15.1 Å². The Bertz CT molecular complexity index is 1130. The summed E-state index contributed by atoms with van der Waals surface area (Å²) in [5, 5.41) is 26.0. The third kappa shape index (κ3) is 3.75. The molecule has 1 atom stereocenters. The Labute approximate surface area is 169 Å². The van der Waals surface area contributed by atoms with Gasteiger partial charge in [-0.15, -0.1) is 0 Å². The number of aromatic hydroxyl groups is 1. The second-order valence-corrected chi connectivity index (χ2v) is 6.48. The van der Waals surface area contributed by atoms with E-state index in [4.69, 9.17) is 9.47 Å². The van der Waals surface area contributed by atoms with Crippen LogP contribution in [0.3, 0.4) is 0 Å². The molecule has 30 heavy (non-hydrogen) atoms. The molecule has 0 bridgehead atoms. The van der Waals surface area contributed by atoms with Gasteiger partial charge in [-0.3, -0.25) is 9.59 Å². The molecule has 1 unspecified atom stereocenters. The van der Waals surface area contributed by atoms with Gasteiger partial charge in [-0.2, -0.15) is 5.10 Å². The Hall–Kier alpha value is -4.08. The molecule has 0 fully saturated rings. The zero-order valence-electron chi connectivity index (χ0n) is 15.4. The Kier molecular flexibility index (Phi) is 4.97. The first-order chi connectivity index (χ1) is 14.4. The number of amides is 1. The number of carbonyl (C=O) groups is 2. The molecular weight excluding hydrogens is 397 g/mol. The number of benzene rings is 2. The molecule has 10 heteroatoms. The lowest BCUT2D eigenvalue weighted by molar-refractivity contribution is -0.137. The van der Waals surface area contributed by atoms with Gasteiger partial charge in [-0.05, 0) is 24.3 Å². The van der Waals surface area contributed by atoms with Crippen molar-refractivity contribution in [1.29, 1.82) is 0 Å². The number of hydrogen-bond acceptors (Lipinski definition) is 6. The van der Waals surface area contributed by atoms with E-state index in [2.05, 4.69) is 10.4 Å². The lowest BCUT2D eigenvalue weighted by atomic mass is 10.0. The lowest BCUT2D eigenvalue weighted by Gasteiger charge is -2.18. The fourth-order valence-corrected chi connectivity index (χ4v) is 3.15. The molecule has 4 rings (SSSR count). The SMILES string of the molecule is O=C(O)CC(NC(=O)c1cc(O)n(-c2cccc(F)c2)n1)c1cccc2c1OCO2. The van der Waals surface area contributed by atoms with Crippen molar-refractivity contribution in [3.63, 3.8) is 0 Å². The van der Waals surface area contributed by atoms with Gasteiger partial charge in [0.05, 0.1) is 18.2 Å². The third-order valence-corrected chi connectivity index (χ3v) is 4.46. The maximum absolute atomic E-state index is 13.5. The summed E-state index contributed by atoms with van der Waals surface area (Å²) in [7, 11) is 0. The van der Waals surface area contributed by atoms with Crippen molar-refractivity contribution >= 4 is 11.9 Å². The number of rotatable bonds is 6. The van der Waals surface area contributed by atoms with E-state index >= 15 is 0 Å². The van der Waals surface area contributed by atoms with Crippen molar-refractivity contribution in [2.45, 2.75) is 12.5 Å². The molecule has 2 aromatic carbocycles. The smallest absolute Gasteiger partial charge is 0.305 e. The monoisotopic (exact) mass is 413 g/mol. The Morgan fingerprint density at radius 3 is 2.77 bits per heavy atom. The van der Waals surface area contributed by atoms with E-state index in [0.717, 1.165) is 16.8 Å². The van der Waals surface area contributed by atoms with Gasteiger partial charge in [0.1, 0.15) is 5.82 Å². The van der Waals surface area contributed by atoms with Crippen molar-refractivity contribution in [2.24, 2.45) is 0 Å². The summed E-state index contributed by atoms with van der Waals surface area (Å²) < 4.78 is 25.2. The molecule has 1 aliphatic heterocycles. The Balaban J connectivity index is 1.62. The zero-order chi connectivity index (χ0) is 21.3. The van der Waals surface area contributed by atoms with Gasteiger partial charge >= 0.3 is 5.97 Å². The highest BCUT2D eigenvalue weighted by atomic mass is 19.1. The molecule has 1 amide bonds. The van der Waals surface area contributed by atoms with Crippen molar-refractivity contribution < 1.29 is 33.7 Å². The maximum atomic E-state index is 13.5. The quantitative estimate of drug-likeness (QED) is 0.567. The summed E-state index contributed by atoms with van der Waals surface area (Å²) in [4.78, 5) is 24.1. The fraction of sp³-hybridized carbons (Fsp3) is 0.150. The van der Waals surface area contributed by atoms with Crippen LogP contribution in [0.2, 0.25) is 0 Å². The first kappa shape index (κ1) is 19.2. The molecule has 154 valence electrons. The number of halogens is 1. The molecule has 9 nitrogen and oxygen atoms in total. The number of para-hydroxylation sites is 1. The molecule has 1 aromatic heterocycles. The molecule has 0 spiro atoms. The number of carboxylic acids is 1. The molecule has 2 heterocycles. The van der Waals surface area contributed by atoms with E-state index in [-0.39, 0.29) is 24.1 Å². The molecule has 0 radical (unpaired) electrons. The highest BCUT2D eigenvalue weighted by Gasteiger charge is 2.27. The van der Waals surface area contributed by atoms with Gasteiger partial charge in [0, 0.05) is 11.6 Å². The normalized spacial score (nSPS) is 13.1. The number of ether oxygens (including phenoxy) is 2. The highest BCUT2D eigenvalue weighted by Crippen LogP contribution is 2.39. The number of nitrogens with one attached hydrogen (secondary N) is 1. The molecule has 0 aliphatic carbocycles. The van der Waals surface area contributed by atoms with Gasteiger partial charge in [0.25, 0.3) is 5.91 Å². The van der Waals surface area contributed by atoms with E-state index in [1.807, 2.05) is 0 Å². The summed E-state index contributed by atoms with van der Waals surface area (Å²) in [5.74, 6) is -1.96. The molecule has 0 saturated carbocycles. The zero-order valence-corrected chi connectivity index (χ0v) is 15.4. The summed E-state index contributed by atoms with van der Waals surface area (Å²) in [6.07, 6.45) is -0.415. The van der Waals surface area contributed by atoms with E-state index < -0.39 is 30.2 Å². The number of carbonyl (C=O) groups excluding carboxylic acids is 1. The fourth-order valence-electron chi connectivity index (χ4n) is 3.15. The summed E-state index contributed by atoms with van der Waals surface area (Å²) in [5.41, 5.74) is 0.492. The van der Waals surface area contributed by atoms with Gasteiger partial charge < -0.3 is 25.0 Å². The maximum Gasteiger partial charge on any atom is 0.305 e. The lowest BCUT2D eigenvalue weighted by Crippen LogP contribution is -2.30. The van der Waals surface area contributed by atoms with E-state index in [0.29, 0.717) is 17.1 Å². The van der Waals surface area contributed by atoms with Crippen LogP contribution in [-0.2, 0) is 4.79 Å². The van der Waals surface area contributed by atoms with Gasteiger partial charge in [-0.25, -0.2) is 9.07 Å². The van der Waals surface area contributed by atoms with E-state index in [1.165, 1.54) is 18.2 Å². The van der Waals surface area contributed by atoms with Crippen LogP contribution in [0.25, 0.3) is 5.69 Å². The minimum atomic E-state index is -1.13. The van der Waals surface area contributed by atoms with Gasteiger partial charge in [0.2, 0.25) is 12.7 Å². The standard InChI is InChI=1S/C20H16FN3O6/c21-11-3-1-4-12(7-11)24-17(25)8-15(23-24)20(28)22-14(9-18(26)27)13-5-2-6-16-19(13)30-10-29-16/h1-8,14,25H,9-10H2,(H,22,28)(H,26,27). The molecule has 3 N–H and O–H groups in total. The van der Waals surface area contributed by atoms with Crippen molar-refractivity contribution in [3.05, 3.63) is 65.6 Å². The van der Waals surface area contributed by atoms with Crippen LogP contribution in [0.1, 0.15) is 28.5 Å². The second-order valence-electron chi connectivity index (χ2n) is 6.48. The number of aliphatic carboxylic acids is 1. The van der Waals surface area contributed by atoms with Gasteiger partial charge in [0.15, 0.2) is 17.2 Å². The average Bonchev–Trinajstić information content (AvgIpc) is 3.33. The van der Waals surface area contributed by atoms with E-state index in [1.54, 1.807) is 18.2 Å². The first-order valence-electron chi connectivity index (χ1n) is 8.88. The van der Waals surface area contributed by atoms with Crippen LogP contribution in [0.15, 0.2) is 48.5 Å². The third-order valence-electron chi connectivity index (χ3n) is 4.46. The van der Waals surface area contributed by atoms with Gasteiger partial charge in [-0.1, -0.05) is 18.2 Å². The van der Waals surface area contributed by atoms with Crippen molar-refractivity contribution in [3.8, 4) is 23.1 Å². The Morgan fingerprint density at radius 1 is 1.20 bits per heavy atom. The topological polar surface area (TPSA) is 123 Å².